The van der Waals surface area contributed by atoms with E-state index < -0.39 is 0 Å². The lowest BCUT2D eigenvalue weighted by Gasteiger charge is -2.10. The summed E-state index contributed by atoms with van der Waals surface area (Å²) in [7, 11) is 0. The van der Waals surface area contributed by atoms with E-state index in [-0.39, 0.29) is 17.5 Å². The van der Waals surface area contributed by atoms with Crippen molar-refractivity contribution in [3.63, 3.8) is 0 Å². The first-order chi connectivity index (χ1) is 11.6. The van der Waals surface area contributed by atoms with Crippen LogP contribution in [0.3, 0.4) is 0 Å². The highest BCUT2D eigenvalue weighted by Crippen LogP contribution is 2.14. The van der Waals surface area contributed by atoms with Crippen molar-refractivity contribution in [3.05, 3.63) is 71.4 Å². The largest absolute Gasteiger partial charge is 0.347 e. The lowest BCUT2D eigenvalue weighted by atomic mass is 10.2. The van der Waals surface area contributed by atoms with Crippen LogP contribution in [0.4, 0.5) is 0 Å². The topological polar surface area (TPSA) is 58.2 Å². The molecular formula is C19H20N2O2S. The quantitative estimate of drug-likeness (QED) is 0.627. The van der Waals surface area contributed by atoms with Gasteiger partial charge in [0.05, 0.1) is 0 Å². The van der Waals surface area contributed by atoms with E-state index in [0.29, 0.717) is 6.54 Å². The molecule has 0 aliphatic heterocycles. The van der Waals surface area contributed by atoms with Gasteiger partial charge in [-0.1, -0.05) is 42.5 Å². The standard InChI is InChI=1S/C19H20N2O2S/c1-14(22)21-18(12-15-6-4-3-5-7-15)19(23)20-13-16-8-10-17(24-2)11-9-16/h3-12H,13H2,1-2H3,(H,20,23)(H,21,22)/b18-12-. The minimum Gasteiger partial charge on any atom is -0.347 e. The Morgan fingerprint density at radius 1 is 1.04 bits per heavy atom. The number of rotatable bonds is 6. The second kappa shape index (κ2) is 8.93. The summed E-state index contributed by atoms with van der Waals surface area (Å²) in [6, 6.07) is 17.4. The van der Waals surface area contributed by atoms with Crippen LogP contribution in [0.1, 0.15) is 18.1 Å². The van der Waals surface area contributed by atoms with Crippen molar-refractivity contribution in [1.82, 2.24) is 10.6 Å². The summed E-state index contributed by atoms with van der Waals surface area (Å²) in [4.78, 5) is 24.9. The van der Waals surface area contributed by atoms with Gasteiger partial charge in [-0.3, -0.25) is 9.59 Å². The third-order valence-electron chi connectivity index (χ3n) is 3.28. The summed E-state index contributed by atoms with van der Waals surface area (Å²) < 4.78 is 0. The van der Waals surface area contributed by atoms with E-state index in [1.54, 1.807) is 17.8 Å². The fourth-order valence-corrected chi connectivity index (χ4v) is 2.49. The molecule has 0 saturated heterocycles. The first-order valence-corrected chi connectivity index (χ1v) is 8.76. The Morgan fingerprint density at radius 3 is 2.29 bits per heavy atom. The molecule has 2 N–H and O–H groups in total. The molecule has 0 atom stereocenters. The molecule has 0 heterocycles. The van der Waals surface area contributed by atoms with E-state index in [1.165, 1.54) is 11.8 Å². The fourth-order valence-electron chi connectivity index (χ4n) is 2.08. The van der Waals surface area contributed by atoms with Gasteiger partial charge in [-0.15, -0.1) is 11.8 Å². The zero-order valence-corrected chi connectivity index (χ0v) is 14.5. The van der Waals surface area contributed by atoms with Crippen LogP contribution in [-0.2, 0) is 16.1 Å². The van der Waals surface area contributed by atoms with Crippen molar-refractivity contribution >= 4 is 29.7 Å². The third-order valence-corrected chi connectivity index (χ3v) is 4.02. The van der Waals surface area contributed by atoms with Gasteiger partial charge in [0.25, 0.3) is 5.91 Å². The van der Waals surface area contributed by atoms with Gasteiger partial charge in [0, 0.05) is 18.4 Å². The minimum atomic E-state index is -0.317. The molecule has 0 aliphatic rings. The Labute approximate surface area is 146 Å². The molecule has 2 rings (SSSR count). The van der Waals surface area contributed by atoms with Crippen LogP contribution in [0.5, 0.6) is 0 Å². The van der Waals surface area contributed by atoms with Crippen molar-refractivity contribution < 1.29 is 9.59 Å². The summed E-state index contributed by atoms with van der Waals surface area (Å²) in [5, 5.41) is 5.42. The van der Waals surface area contributed by atoms with Gasteiger partial charge in [0.1, 0.15) is 5.70 Å². The Balaban J connectivity index is 2.07. The lowest BCUT2D eigenvalue weighted by Crippen LogP contribution is -2.33. The minimum absolute atomic E-state index is 0.231. The zero-order valence-electron chi connectivity index (χ0n) is 13.7. The highest BCUT2D eigenvalue weighted by Gasteiger charge is 2.11. The summed E-state index contributed by atoms with van der Waals surface area (Å²) >= 11 is 1.67. The van der Waals surface area contributed by atoms with Crippen molar-refractivity contribution in [2.45, 2.75) is 18.4 Å². The maximum atomic E-state index is 12.4. The van der Waals surface area contributed by atoms with Gasteiger partial charge in [-0.25, -0.2) is 0 Å². The van der Waals surface area contributed by atoms with Crippen LogP contribution in [-0.4, -0.2) is 18.1 Å². The molecule has 2 aromatic carbocycles. The maximum absolute atomic E-state index is 12.4. The average Bonchev–Trinajstić information content (AvgIpc) is 2.60. The number of carbonyl (C=O) groups excluding carboxylic acids is 2. The molecule has 0 saturated carbocycles. The normalized spacial score (nSPS) is 11.0. The number of hydrogen-bond donors (Lipinski definition) is 2. The zero-order chi connectivity index (χ0) is 17.4. The molecule has 0 unspecified atom stereocenters. The van der Waals surface area contributed by atoms with Gasteiger partial charge >= 0.3 is 0 Å². The van der Waals surface area contributed by atoms with E-state index in [4.69, 9.17) is 0 Å². The molecule has 0 aliphatic carbocycles. The van der Waals surface area contributed by atoms with E-state index in [2.05, 4.69) is 10.6 Å². The monoisotopic (exact) mass is 340 g/mol. The van der Waals surface area contributed by atoms with E-state index in [1.807, 2.05) is 60.9 Å². The smallest absolute Gasteiger partial charge is 0.268 e. The van der Waals surface area contributed by atoms with Gasteiger partial charge in [0.2, 0.25) is 5.91 Å². The summed E-state index contributed by atoms with van der Waals surface area (Å²) in [6.45, 7) is 1.78. The SMILES string of the molecule is CSc1ccc(CNC(=O)/C(=C/c2ccccc2)NC(C)=O)cc1. The summed E-state index contributed by atoms with van der Waals surface area (Å²) in [6.07, 6.45) is 3.68. The van der Waals surface area contributed by atoms with Crippen LogP contribution < -0.4 is 10.6 Å². The predicted molar refractivity (Wildman–Crippen MR) is 98.3 cm³/mol. The molecule has 124 valence electrons. The Kier molecular flexibility index (Phi) is 6.63. The summed E-state index contributed by atoms with van der Waals surface area (Å²) in [5.41, 5.74) is 2.08. The molecule has 0 fully saturated rings. The first-order valence-electron chi connectivity index (χ1n) is 7.54. The number of amides is 2. The first kappa shape index (κ1) is 17.8. The lowest BCUT2D eigenvalue weighted by molar-refractivity contribution is -0.122. The number of carbonyl (C=O) groups is 2. The number of hydrogen-bond acceptors (Lipinski definition) is 3. The third kappa shape index (κ3) is 5.59. The van der Waals surface area contributed by atoms with Crippen LogP contribution in [0.15, 0.2) is 65.2 Å². The maximum Gasteiger partial charge on any atom is 0.268 e. The van der Waals surface area contributed by atoms with Gasteiger partial charge in [0.15, 0.2) is 0 Å². The number of benzene rings is 2. The van der Waals surface area contributed by atoms with Crippen molar-refractivity contribution in [3.8, 4) is 0 Å². The van der Waals surface area contributed by atoms with Crippen molar-refractivity contribution in [2.75, 3.05) is 6.26 Å². The molecule has 2 aromatic rings. The van der Waals surface area contributed by atoms with Crippen LogP contribution >= 0.6 is 11.8 Å². The average molecular weight is 340 g/mol. The van der Waals surface area contributed by atoms with Gasteiger partial charge < -0.3 is 10.6 Å². The van der Waals surface area contributed by atoms with Gasteiger partial charge in [-0.2, -0.15) is 0 Å². The highest BCUT2D eigenvalue weighted by molar-refractivity contribution is 7.98. The molecule has 5 heteroatoms. The predicted octanol–water partition coefficient (Wildman–Crippen LogP) is 3.20. The van der Waals surface area contributed by atoms with E-state index in [9.17, 15) is 9.59 Å². The molecule has 0 spiro atoms. The number of thioether (sulfide) groups is 1. The fraction of sp³-hybridized carbons (Fsp3) is 0.158. The molecule has 0 bridgehead atoms. The van der Waals surface area contributed by atoms with Crippen LogP contribution in [0.25, 0.3) is 6.08 Å². The van der Waals surface area contributed by atoms with E-state index >= 15 is 0 Å². The second-order valence-electron chi connectivity index (χ2n) is 5.18. The molecule has 24 heavy (non-hydrogen) atoms. The molecular weight excluding hydrogens is 320 g/mol. The van der Waals surface area contributed by atoms with Crippen LogP contribution in [0.2, 0.25) is 0 Å². The highest BCUT2D eigenvalue weighted by atomic mass is 32.2. The second-order valence-corrected chi connectivity index (χ2v) is 6.06. The van der Waals surface area contributed by atoms with E-state index in [0.717, 1.165) is 11.1 Å². The Bertz CT molecular complexity index is 725. The number of nitrogens with one attached hydrogen (secondary N) is 2. The Morgan fingerprint density at radius 2 is 1.71 bits per heavy atom. The summed E-state index contributed by atoms with van der Waals surface area (Å²) in [5.74, 6) is -0.598. The van der Waals surface area contributed by atoms with Crippen LogP contribution in [0, 0.1) is 0 Å². The molecule has 0 radical (unpaired) electrons. The van der Waals surface area contributed by atoms with Crippen molar-refractivity contribution in [2.24, 2.45) is 0 Å². The molecule has 4 nitrogen and oxygen atoms in total. The Hall–Kier alpha value is -2.53. The van der Waals surface area contributed by atoms with Gasteiger partial charge in [-0.05, 0) is 35.6 Å². The molecule has 2 amide bonds. The van der Waals surface area contributed by atoms with Crippen molar-refractivity contribution in [1.29, 1.82) is 0 Å². The molecule has 0 aromatic heterocycles.